The number of rotatable bonds is 5. The summed E-state index contributed by atoms with van der Waals surface area (Å²) < 4.78 is 2.07. The topological polar surface area (TPSA) is 54.2 Å². The van der Waals surface area contributed by atoms with Gasteiger partial charge < -0.3 is 15.2 Å². The Kier molecular flexibility index (Phi) is 8.24. The number of hydrogen-bond acceptors (Lipinski definition) is 2. The molecule has 0 amide bonds. The van der Waals surface area contributed by atoms with E-state index >= 15 is 0 Å². The number of benzene rings is 1. The van der Waals surface area contributed by atoms with E-state index in [4.69, 9.17) is 0 Å². The predicted octanol–water partition coefficient (Wildman–Crippen LogP) is 3.55. The Bertz CT molecular complexity index is 630. The number of aliphatic imine (C=N–C) groups is 1. The van der Waals surface area contributed by atoms with E-state index in [9.17, 15) is 0 Å². The summed E-state index contributed by atoms with van der Waals surface area (Å²) in [4.78, 5) is 8.42. The van der Waals surface area contributed by atoms with Crippen LogP contribution in [0.5, 0.6) is 0 Å². The summed E-state index contributed by atoms with van der Waals surface area (Å²) in [6, 6.07) is 9.27. The fourth-order valence-electron chi connectivity index (χ4n) is 3.17. The van der Waals surface area contributed by atoms with E-state index in [1.165, 1.54) is 43.2 Å². The standard InChI is InChI=1S/C19H27N5.HI/c1-20-19(23-18-5-3-2-4-6-18)22-13-16-7-9-17(10-8-16)14-24-12-11-21-15-24;/h7-12,15,18H,2-6,13-14H2,1H3,(H2,20,22,23);1H. The Morgan fingerprint density at radius 3 is 2.52 bits per heavy atom. The van der Waals surface area contributed by atoms with Crippen molar-refractivity contribution in [3.05, 3.63) is 54.1 Å². The minimum Gasteiger partial charge on any atom is -0.354 e. The smallest absolute Gasteiger partial charge is 0.191 e. The molecule has 6 heteroatoms. The Morgan fingerprint density at radius 1 is 1.16 bits per heavy atom. The van der Waals surface area contributed by atoms with Gasteiger partial charge in [-0.15, -0.1) is 24.0 Å². The third-order valence-electron chi connectivity index (χ3n) is 4.58. The molecule has 1 heterocycles. The van der Waals surface area contributed by atoms with Gasteiger partial charge in [-0.1, -0.05) is 43.5 Å². The predicted molar refractivity (Wildman–Crippen MR) is 113 cm³/mol. The van der Waals surface area contributed by atoms with Crippen LogP contribution in [0.25, 0.3) is 0 Å². The lowest BCUT2D eigenvalue weighted by Gasteiger charge is -2.24. The first-order valence-corrected chi connectivity index (χ1v) is 8.84. The average molecular weight is 453 g/mol. The van der Waals surface area contributed by atoms with E-state index in [0.717, 1.165) is 19.0 Å². The number of imidazole rings is 1. The molecule has 0 atom stereocenters. The van der Waals surface area contributed by atoms with Crippen molar-refractivity contribution in [2.75, 3.05) is 7.05 Å². The van der Waals surface area contributed by atoms with Crippen LogP contribution in [-0.2, 0) is 13.1 Å². The van der Waals surface area contributed by atoms with Crippen molar-refractivity contribution in [3.63, 3.8) is 0 Å². The van der Waals surface area contributed by atoms with Crippen LogP contribution in [0.3, 0.4) is 0 Å². The average Bonchev–Trinajstić information content (AvgIpc) is 3.14. The molecule has 0 spiro atoms. The third kappa shape index (κ3) is 6.34. The molecule has 1 saturated carbocycles. The van der Waals surface area contributed by atoms with E-state index in [2.05, 4.69) is 49.4 Å². The van der Waals surface area contributed by atoms with Crippen LogP contribution in [0.2, 0.25) is 0 Å². The lowest BCUT2D eigenvalue weighted by atomic mass is 9.96. The number of halogens is 1. The van der Waals surface area contributed by atoms with Crippen LogP contribution < -0.4 is 10.6 Å². The van der Waals surface area contributed by atoms with Gasteiger partial charge in [-0.3, -0.25) is 4.99 Å². The molecule has 0 radical (unpaired) electrons. The third-order valence-corrected chi connectivity index (χ3v) is 4.58. The fourth-order valence-corrected chi connectivity index (χ4v) is 3.17. The molecule has 0 unspecified atom stereocenters. The number of aromatic nitrogens is 2. The van der Waals surface area contributed by atoms with Gasteiger partial charge in [0, 0.05) is 38.6 Å². The van der Waals surface area contributed by atoms with Gasteiger partial charge in [-0.2, -0.15) is 0 Å². The summed E-state index contributed by atoms with van der Waals surface area (Å²) >= 11 is 0. The summed E-state index contributed by atoms with van der Waals surface area (Å²) in [5.74, 6) is 0.907. The molecular weight excluding hydrogens is 425 g/mol. The van der Waals surface area contributed by atoms with Gasteiger partial charge in [-0.05, 0) is 24.0 Å². The number of nitrogens with one attached hydrogen (secondary N) is 2. The monoisotopic (exact) mass is 453 g/mol. The van der Waals surface area contributed by atoms with Gasteiger partial charge >= 0.3 is 0 Å². The van der Waals surface area contributed by atoms with Gasteiger partial charge in [0.15, 0.2) is 5.96 Å². The number of guanidine groups is 1. The molecule has 0 aliphatic heterocycles. The van der Waals surface area contributed by atoms with Crippen molar-refractivity contribution in [2.24, 2.45) is 4.99 Å². The zero-order valence-electron chi connectivity index (χ0n) is 14.8. The summed E-state index contributed by atoms with van der Waals surface area (Å²) in [6.07, 6.45) is 12.2. The molecule has 2 N–H and O–H groups in total. The summed E-state index contributed by atoms with van der Waals surface area (Å²) in [6.45, 7) is 1.65. The first-order valence-electron chi connectivity index (χ1n) is 8.84. The van der Waals surface area contributed by atoms with Crippen molar-refractivity contribution >= 4 is 29.9 Å². The second-order valence-corrected chi connectivity index (χ2v) is 6.46. The quantitative estimate of drug-likeness (QED) is 0.414. The molecule has 1 fully saturated rings. The van der Waals surface area contributed by atoms with E-state index in [0.29, 0.717) is 6.04 Å². The summed E-state index contributed by atoms with van der Waals surface area (Å²) in [5, 5.41) is 6.97. The molecule has 5 nitrogen and oxygen atoms in total. The molecule has 3 rings (SSSR count). The first kappa shape index (κ1) is 19.8. The molecule has 1 aliphatic carbocycles. The minimum absolute atomic E-state index is 0. The van der Waals surface area contributed by atoms with Crippen LogP contribution >= 0.6 is 24.0 Å². The SMILES string of the molecule is CN=C(NCc1ccc(Cn2ccnc2)cc1)NC1CCCCC1.I. The molecule has 0 bridgehead atoms. The van der Waals surface area contributed by atoms with Crippen molar-refractivity contribution in [3.8, 4) is 0 Å². The highest BCUT2D eigenvalue weighted by Crippen LogP contribution is 2.17. The van der Waals surface area contributed by atoms with Gasteiger partial charge in [0.2, 0.25) is 0 Å². The highest BCUT2D eigenvalue weighted by molar-refractivity contribution is 14.0. The van der Waals surface area contributed by atoms with Gasteiger partial charge in [0.1, 0.15) is 0 Å². The molecule has 25 heavy (non-hydrogen) atoms. The van der Waals surface area contributed by atoms with Crippen LogP contribution in [0.1, 0.15) is 43.2 Å². The van der Waals surface area contributed by atoms with Crippen molar-refractivity contribution in [1.82, 2.24) is 20.2 Å². The minimum atomic E-state index is 0. The van der Waals surface area contributed by atoms with E-state index in [-0.39, 0.29) is 24.0 Å². The zero-order valence-corrected chi connectivity index (χ0v) is 17.1. The van der Waals surface area contributed by atoms with Crippen molar-refractivity contribution in [1.29, 1.82) is 0 Å². The normalized spacial score (nSPS) is 15.5. The van der Waals surface area contributed by atoms with Crippen molar-refractivity contribution in [2.45, 2.75) is 51.2 Å². The van der Waals surface area contributed by atoms with Crippen molar-refractivity contribution < 1.29 is 0 Å². The maximum Gasteiger partial charge on any atom is 0.191 e. The Hall–Kier alpha value is -1.57. The molecule has 136 valence electrons. The molecule has 1 aromatic carbocycles. The second kappa shape index (κ2) is 10.4. The second-order valence-electron chi connectivity index (χ2n) is 6.46. The number of hydrogen-bond donors (Lipinski definition) is 2. The maximum absolute atomic E-state index is 4.35. The Labute approximate surface area is 167 Å². The van der Waals surface area contributed by atoms with Crippen LogP contribution in [0.15, 0.2) is 48.0 Å². The Morgan fingerprint density at radius 2 is 1.88 bits per heavy atom. The summed E-state index contributed by atoms with van der Waals surface area (Å²) in [7, 11) is 1.84. The molecule has 1 aliphatic rings. The van der Waals surface area contributed by atoms with E-state index in [1.54, 1.807) is 0 Å². The highest BCUT2D eigenvalue weighted by Gasteiger charge is 2.14. The van der Waals surface area contributed by atoms with Gasteiger partial charge in [-0.25, -0.2) is 4.98 Å². The van der Waals surface area contributed by atoms with Crippen LogP contribution in [-0.4, -0.2) is 28.6 Å². The highest BCUT2D eigenvalue weighted by atomic mass is 127. The van der Waals surface area contributed by atoms with Crippen LogP contribution in [0.4, 0.5) is 0 Å². The van der Waals surface area contributed by atoms with E-state index in [1.807, 2.05) is 25.8 Å². The molecular formula is C19H28IN5. The summed E-state index contributed by atoms with van der Waals surface area (Å²) in [5.41, 5.74) is 2.54. The number of nitrogens with zero attached hydrogens (tertiary/aromatic N) is 3. The molecule has 2 aromatic rings. The Balaban J connectivity index is 0.00000225. The van der Waals surface area contributed by atoms with Gasteiger partial charge in [0.05, 0.1) is 6.33 Å². The zero-order chi connectivity index (χ0) is 16.6. The molecule has 0 saturated heterocycles. The first-order chi connectivity index (χ1) is 11.8. The fraction of sp³-hybridized carbons (Fsp3) is 0.474. The lowest BCUT2D eigenvalue weighted by Crippen LogP contribution is -2.43. The van der Waals surface area contributed by atoms with Crippen LogP contribution in [0, 0.1) is 0 Å². The lowest BCUT2D eigenvalue weighted by molar-refractivity contribution is 0.410. The maximum atomic E-state index is 4.35. The largest absolute Gasteiger partial charge is 0.354 e. The molecule has 1 aromatic heterocycles. The van der Waals surface area contributed by atoms with Gasteiger partial charge in [0.25, 0.3) is 0 Å². The van der Waals surface area contributed by atoms with E-state index < -0.39 is 0 Å².